The van der Waals surface area contributed by atoms with Crippen molar-refractivity contribution in [1.29, 1.82) is 0 Å². The molecule has 23 heavy (non-hydrogen) atoms. The summed E-state index contributed by atoms with van der Waals surface area (Å²) in [6.07, 6.45) is -3.08. The van der Waals surface area contributed by atoms with Gasteiger partial charge in [-0.05, 0) is 42.3 Å². The highest BCUT2D eigenvalue weighted by atomic mass is 19.4. The fourth-order valence-electron chi connectivity index (χ4n) is 2.55. The lowest BCUT2D eigenvalue weighted by Crippen LogP contribution is -2.25. The second kappa shape index (κ2) is 5.57. The maximum absolute atomic E-state index is 12.5. The molecule has 0 bridgehead atoms. The van der Waals surface area contributed by atoms with E-state index in [1.165, 1.54) is 19.1 Å². The number of fused-ring (bicyclic) bond motifs is 1. The Morgan fingerprint density at radius 1 is 1.26 bits per heavy atom. The summed E-state index contributed by atoms with van der Waals surface area (Å²) in [6.45, 7) is 2.31. The summed E-state index contributed by atoms with van der Waals surface area (Å²) >= 11 is 0. The van der Waals surface area contributed by atoms with Crippen molar-refractivity contribution in [2.24, 2.45) is 0 Å². The van der Waals surface area contributed by atoms with Gasteiger partial charge < -0.3 is 9.64 Å². The van der Waals surface area contributed by atoms with E-state index in [1.807, 2.05) is 6.07 Å². The number of carbonyl (C=O) groups excluding carboxylic acids is 1. The fraction of sp³-hybridized carbons (Fsp3) is 0.250. The minimum absolute atomic E-state index is 0.246. The molecule has 1 amide bonds. The summed E-state index contributed by atoms with van der Waals surface area (Å²) in [6, 6.07) is 7.62. The first-order valence-corrected chi connectivity index (χ1v) is 6.92. The molecule has 1 aliphatic rings. The summed E-state index contributed by atoms with van der Waals surface area (Å²) in [5.74, 6) is -0.551. The number of halogens is 3. The Kier molecular flexibility index (Phi) is 3.71. The Bertz CT molecular complexity index is 734. The van der Waals surface area contributed by atoms with Gasteiger partial charge in [0, 0.05) is 18.3 Å². The predicted molar refractivity (Wildman–Crippen MR) is 75.7 cm³/mol. The van der Waals surface area contributed by atoms with Crippen molar-refractivity contribution in [1.82, 2.24) is 9.88 Å². The van der Waals surface area contributed by atoms with Crippen LogP contribution in [0.2, 0.25) is 0 Å². The predicted octanol–water partition coefficient (Wildman–Crippen LogP) is 3.44. The minimum Gasteiger partial charge on any atom is -0.406 e. The van der Waals surface area contributed by atoms with Crippen LogP contribution in [0.4, 0.5) is 13.2 Å². The van der Waals surface area contributed by atoms with E-state index in [4.69, 9.17) is 0 Å². The average molecular weight is 322 g/mol. The molecule has 0 saturated carbocycles. The molecule has 2 heterocycles. The van der Waals surface area contributed by atoms with E-state index in [0.29, 0.717) is 18.7 Å². The molecule has 0 atom stereocenters. The highest BCUT2D eigenvalue weighted by molar-refractivity contribution is 5.94. The van der Waals surface area contributed by atoms with Gasteiger partial charge in [-0.1, -0.05) is 6.07 Å². The topological polar surface area (TPSA) is 42.4 Å². The van der Waals surface area contributed by atoms with Crippen LogP contribution in [-0.4, -0.2) is 22.2 Å². The lowest BCUT2D eigenvalue weighted by molar-refractivity contribution is -0.274. The molecule has 7 heteroatoms. The second-order valence-corrected chi connectivity index (χ2v) is 5.30. The van der Waals surface area contributed by atoms with Gasteiger partial charge in [0.25, 0.3) is 5.91 Å². The summed E-state index contributed by atoms with van der Waals surface area (Å²) in [5, 5.41) is 0. The maximum Gasteiger partial charge on any atom is 0.573 e. The molecule has 0 saturated heterocycles. The Balaban J connectivity index is 1.78. The molecule has 2 aromatic rings. The molecule has 4 nitrogen and oxygen atoms in total. The third kappa shape index (κ3) is 3.28. The van der Waals surface area contributed by atoms with E-state index in [1.54, 1.807) is 17.2 Å². The normalized spacial score (nSPS) is 13.8. The Hall–Kier alpha value is -2.57. The SMILES string of the molecule is Cc1cc(C(=O)N2Cc3cccnc3C2)ccc1OC(F)(F)F. The van der Waals surface area contributed by atoms with Gasteiger partial charge in [-0.3, -0.25) is 9.78 Å². The molecule has 1 aromatic heterocycles. The van der Waals surface area contributed by atoms with E-state index >= 15 is 0 Å². The Morgan fingerprint density at radius 2 is 2.04 bits per heavy atom. The Morgan fingerprint density at radius 3 is 2.70 bits per heavy atom. The molecule has 120 valence electrons. The van der Waals surface area contributed by atoms with Crippen LogP contribution in [0.1, 0.15) is 27.2 Å². The van der Waals surface area contributed by atoms with Gasteiger partial charge in [-0.15, -0.1) is 13.2 Å². The van der Waals surface area contributed by atoms with Gasteiger partial charge in [-0.25, -0.2) is 0 Å². The van der Waals surface area contributed by atoms with E-state index < -0.39 is 6.36 Å². The number of hydrogen-bond acceptors (Lipinski definition) is 3. The molecular weight excluding hydrogens is 309 g/mol. The number of amides is 1. The molecule has 0 fully saturated rings. The standard InChI is InChI=1S/C16H13F3N2O2/c1-10-7-11(4-5-14(10)23-16(17,18)19)15(22)21-8-12-3-2-6-20-13(12)9-21/h2-7H,8-9H2,1H3. The smallest absolute Gasteiger partial charge is 0.406 e. The van der Waals surface area contributed by atoms with Crippen molar-refractivity contribution in [3.63, 3.8) is 0 Å². The molecule has 0 spiro atoms. The highest BCUT2D eigenvalue weighted by Crippen LogP contribution is 2.28. The lowest BCUT2D eigenvalue weighted by Gasteiger charge is -2.17. The van der Waals surface area contributed by atoms with Crippen molar-refractivity contribution >= 4 is 5.91 Å². The second-order valence-electron chi connectivity index (χ2n) is 5.30. The molecule has 0 radical (unpaired) electrons. The first-order chi connectivity index (χ1) is 10.8. The summed E-state index contributed by atoms with van der Waals surface area (Å²) in [4.78, 5) is 18.3. The van der Waals surface area contributed by atoms with Gasteiger partial charge in [0.05, 0.1) is 12.2 Å². The number of aryl methyl sites for hydroxylation is 1. The van der Waals surface area contributed by atoms with E-state index in [-0.39, 0.29) is 17.2 Å². The van der Waals surface area contributed by atoms with Gasteiger partial charge in [0.15, 0.2) is 0 Å². The van der Waals surface area contributed by atoms with Crippen molar-refractivity contribution in [3.8, 4) is 5.75 Å². The van der Waals surface area contributed by atoms with E-state index in [9.17, 15) is 18.0 Å². The van der Waals surface area contributed by atoms with Crippen LogP contribution in [0, 0.1) is 6.92 Å². The number of nitrogens with zero attached hydrogens (tertiary/aromatic N) is 2. The number of carbonyl (C=O) groups is 1. The number of hydrogen-bond donors (Lipinski definition) is 0. The fourth-order valence-corrected chi connectivity index (χ4v) is 2.55. The maximum atomic E-state index is 12.5. The van der Waals surface area contributed by atoms with Crippen LogP contribution in [0.15, 0.2) is 36.5 Å². The first-order valence-electron chi connectivity index (χ1n) is 6.92. The zero-order valence-electron chi connectivity index (χ0n) is 12.2. The first kappa shape index (κ1) is 15.3. The van der Waals surface area contributed by atoms with Crippen LogP contribution >= 0.6 is 0 Å². The number of benzene rings is 1. The van der Waals surface area contributed by atoms with E-state index in [2.05, 4.69) is 9.72 Å². The average Bonchev–Trinajstić information content (AvgIpc) is 2.91. The summed E-state index contributed by atoms with van der Waals surface area (Å²) in [7, 11) is 0. The zero-order chi connectivity index (χ0) is 16.6. The quantitative estimate of drug-likeness (QED) is 0.850. The molecule has 3 rings (SSSR count). The monoisotopic (exact) mass is 322 g/mol. The van der Waals surface area contributed by atoms with Crippen LogP contribution in [0.5, 0.6) is 5.75 Å². The molecule has 1 aromatic carbocycles. The van der Waals surface area contributed by atoms with Gasteiger partial charge in [0.2, 0.25) is 0 Å². The van der Waals surface area contributed by atoms with Gasteiger partial charge >= 0.3 is 6.36 Å². The van der Waals surface area contributed by atoms with E-state index in [0.717, 1.165) is 17.3 Å². The number of alkyl halides is 3. The summed E-state index contributed by atoms with van der Waals surface area (Å²) in [5.41, 5.74) is 2.40. The largest absolute Gasteiger partial charge is 0.573 e. The van der Waals surface area contributed by atoms with Crippen LogP contribution in [0.3, 0.4) is 0 Å². The van der Waals surface area contributed by atoms with Crippen molar-refractivity contribution in [3.05, 3.63) is 58.9 Å². The van der Waals surface area contributed by atoms with Crippen molar-refractivity contribution in [2.45, 2.75) is 26.4 Å². The van der Waals surface area contributed by atoms with Crippen LogP contribution < -0.4 is 4.74 Å². The highest BCUT2D eigenvalue weighted by Gasteiger charge is 2.32. The van der Waals surface area contributed by atoms with Crippen LogP contribution in [-0.2, 0) is 13.1 Å². The molecular formula is C16H13F3N2O2. The molecule has 1 aliphatic heterocycles. The van der Waals surface area contributed by atoms with Gasteiger partial charge in [0.1, 0.15) is 5.75 Å². The lowest BCUT2D eigenvalue weighted by atomic mass is 10.1. The Labute approximate surface area is 130 Å². The zero-order valence-corrected chi connectivity index (χ0v) is 12.2. The van der Waals surface area contributed by atoms with Crippen molar-refractivity contribution in [2.75, 3.05) is 0 Å². The van der Waals surface area contributed by atoms with Gasteiger partial charge in [-0.2, -0.15) is 0 Å². The molecule has 0 unspecified atom stereocenters. The van der Waals surface area contributed by atoms with Crippen molar-refractivity contribution < 1.29 is 22.7 Å². The number of aromatic nitrogens is 1. The minimum atomic E-state index is -4.75. The molecule has 0 aliphatic carbocycles. The molecule has 0 N–H and O–H groups in total. The number of ether oxygens (including phenoxy) is 1. The number of pyridine rings is 1. The third-order valence-corrected chi connectivity index (χ3v) is 3.62. The third-order valence-electron chi connectivity index (χ3n) is 3.62. The summed E-state index contributed by atoms with van der Waals surface area (Å²) < 4.78 is 40.7. The number of rotatable bonds is 2. The van der Waals surface area contributed by atoms with Crippen LogP contribution in [0.25, 0.3) is 0 Å².